The van der Waals surface area contributed by atoms with Crippen molar-refractivity contribution in [3.8, 4) is 0 Å². The van der Waals surface area contributed by atoms with Crippen molar-refractivity contribution < 1.29 is 22.0 Å². The molecular weight excluding hydrogens is 280 g/mol. The molecule has 0 heterocycles. The first kappa shape index (κ1) is 15.3. The largest absolute Gasteiger partial charge is 0.355 e. The second-order valence-corrected chi connectivity index (χ2v) is 5.15. The molecule has 0 aliphatic carbocycles. The number of anilines is 1. The van der Waals surface area contributed by atoms with E-state index in [1.807, 2.05) is 0 Å². The van der Waals surface area contributed by atoms with Crippen LogP contribution >= 0.6 is 0 Å². The number of nitrogens with two attached hydrogens (primary N) is 1. The molecule has 106 valence electrons. The van der Waals surface area contributed by atoms with E-state index >= 15 is 0 Å². The molecule has 0 aliphatic heterocycles. The normalized spacial score (nSPS) is 11.4. The maximum Gasteiger partial charge on any atom is 0.355 e. The Morgan fingerprint density at radius 3 is 2.53 bits per heavy atom. The van der Waals surface area contributed by atoms with Crippen LogP contribution in [0, 0.1) is 0 Å². The molecule has 0 spiro atoms. The van der Waals surface area contributed by atoms with E-state index in [2.05, 4.69) is 5.32 Å². The molecule has 0 saturated carbocycles. The van der Waals surface area contributed by atoms with Crippen LogP contribution in [0.3, 0.4) is 0 Å². The van der Waals surface area contributed by atoms with Crippen molar-refractivity contribution in [3.63, 3.8) is 0 Å². The quantitative estimate of drug-likeness (QED) is 0.704. The van der Waals surface area contributed by atoms with Gasteiger partial charge in [0.1, 0.15) is 0 Å². The standard InChI is InChI=1S/C10H13F2N3O3S/c11-10(12)19(17,18)15-8-4-2-1-3-7(8)9(16)14-6-5-13/h1-4,10,15H,5-6,13H2,(H,14,16). The van der Waals surface area contributed by atoms with Crippen molar-refractivity contribution in [3.05, 3.63) is 29.8 Å². The van der Waals surface area contributed by atoms with E-state index in [1.165, 1.54) is 24.3 Å². The highest BCUT2D eigenvalue weighted by molar-refractivity contribution is 7.93. The molecule has 0 aliphatic rings. The fraction of sp³-hybridized carbons (Fsp3) is 0.300. The molecule has 0 bridgehead atoms. The first-order chi connectivity index (χ1) is 8.88. The zero-order chi connectivity index (χ0) is 14.5. The highest BCUT2D eigenvalue weighted by Crippen LogP contribution is 2.18. The van der Waals surface area contributed by atoms with Gasteiger partial charge in [-0.15, -0.1) is 0 Å². The van der Waals surface area contributed by atoms with Crippen molar-refractivity contribution in [1.29, 1.82) is 0 Å². The average Bonchev–Trinajstić information content (AvgIpc) is 2.36. The van der Waals surface area contributed by atoms with Crippen LogP contribution in [0.1, 0.15) is 10.4 Å². The zero-order valence-electron chi connectivity index (χ0n) is 9.77. The maximum atomic E-state index is 12.3. The van der Waals surface area contributed by atoms with Crippen LogP contribution in [0.15, 0.2) is 24.3 Å². The summed E-state index contributed by atoms with van der Waals surface area (Å²) in [4.78, 5) is 11.7. The van der Waals surface area contributed by atoms with Gasteiger partial charge in [-0.05, 0) is 12.1 Å². The van der Waals surface area contributed by atoms with Gasteiger partial charge in [0.15, 0.2) is 0 Å². The van der Waals surface area contributed by atoms with Gasteiger partial charge in [-0.25, -0.2) is 8.42 Å². The first-order valence-electron chi connectivity index (χ1n) is 5.25. The third kappa shape index (κ3) is 4.14. The van der Waals surface area contributed by atoms with Gasteiger partial charge in [0.2, 0.25) is 0 Å². The van der Waals surface area contributed by atoms with Crippen molar-refractivity contribution >= 4 is 21.6 Å². The number of alkyl halides is 2. The molecule has 19 heavy (non-hydrogen) atoms. The maximum absolute atomic E-state index is 12.3. The summed E-state index contributed by atoms with van der Waals surface area (Å²) in [5, 5.41) is 2.42. The number of hydrogen-bond acceptors (Lipinski definition) is 4. The lowest BCUT2D eigenvalue weighted by molar-refractivity contribution is 0.0955. The summed E-state index contributed by atoms with van der Waals surface area (Å²) < 4.78 is 48.4. The Balaban J connectivity index is 3.00. The third-order valence-electron chi connectivity index (χ3n) is 2.09. The smallest absolute Gasteiger partial charge is 0.351 e. The molecule has 0 atom stereocenters. The first-order valence-corrected chi connectivity index (χ1v) is 6.80. The predicted octanol–water partition coefficient (Wildman–Crippen LogP) is 0.339. The monoisotopic (exact) mass is 293 g/mol. The Morgan fingerprint density at radius 1 is 1.32 bits per heavy atom. The average molecular weight is 293 g/mol. The highest BCUT2D eigenvalue weighted by atomic mass is 32.2. The summed E-state index contributed by atoms with van der Waals surface area (Å²) in [6.07, 6.45) is 0. The van der Waals surface area contributed by atoms with E-state index in [-0.39, 0.29) is 24.3 Å². The number of para-hydroxylation sites is 1. The molecule has 0 saturated heterocycles. The molecule has 0 radical (unpaired) electrons. The van der Waals surface area contributed by atoms with Crippen LogP contribution in [0.25, 0.3) is 0 Å². The van der Waals surface area contributed by atoms with Crippen LogP contribution in [-0.2, 0) is 10.0 Å². The van der Waals surface area contributed by atoms with E-state index in [0.29, 0.717) is 0 Å². The van der Waals surface area contributed by atoms with Crippen LogP contribution < -0.4 is 15.8 Å². The summed E-state index contributed by atoms with van der Waals surface area (Å²) >= 11 is 0. The van der Waals surface area contributed by atoms with Crippen LogP contribution in [-0.4, -0.2) is 33.2 Å². The van der Waals surface area contributed by atoms with Crippen LogP contribution in [0.4, 0.5) is 14.5 Å². The van der Waals surface area contributed by atoms with Crippen molar-refractivity contribution in [2.24, 2.45) is 5.73 Å². The van der Waals surface area contributed by atoms with E-state index in [1.54, 1.807) is 4.72 Å². The fourth-order valence-corrected chi connectivity index (χ4v) is 1.82. The topological polar surface area (TPSA) is 101 Å². The molecular formula is C10H13F2N3O3S. The van der Waals surface area contributed by atoms with Gasteiger partial charge >= 0.3 is 5.76 Å². The molecule has 0 aromatic heterocycles. The molecule has 6 nitrogen and oxygen atoms in total. The fourth-order valence-electron chi connectivity index (χ4n) is 1.25. The van der Waals surface area contributed by atoms with Crippen LogP contribution in [0.2, 0.25) is 0 Å². The van der Waals surface area contributed by atoms with Gasteiger partial charge < -0.3 is 11.1 Å². The lowest BCUT2D eigenvalue weighted by Gasteiger charge is -2.11. The second-order valence-electron chi connectivity index (χ2n) is 3.50. The molecule has 0 unspecified atom stereocenters. The number of rotatable bonds is 6. The summed E-state index contributed by atoms with van der Waals surface area (Å²) in [5.41, 5.74) is 4.94. The predicted molar refractivity (Wildman–Crippen MR) is 66.4 cm³/mol. The molecule has 1 aromatic rings. The molecule has 0 fully saturated rings. The molecule has 4 N–H and O–H groups in total. The van der Waals surface area contributed by atoms with Gasteiger partial charge in [0, 0.05) is 13.1 Å². The van der Waals surface area contributed by atoms with Gasteiger partial charge in [-0.1, -0.05) is 12.1 Å². The third-order valence-corrected chi connectivity index (χ3v) is 3.06. The summed E-state index contributed by atoms with van der Waals surface area (Å²) in [7, 11) is -4.82. The number of amides is 1. The van der Waals surface area contributed by atoms with E-state index in [0.717, 1.165) is 0 Å². The molecule has 1 rings (SSSR count). The number of carbonyl (C=O) groups excluding carboxylic acids is 1. The Hall–Kier alpha value is -1.74. The number of hydrogen-bond donors (Lipinski definition) is 3. The van der Waals surface area contributed by atoms with E-state index in [9.17, 15) is 22.0 Å². The number of benzene rings is 1. The number of nitrogens with one attached hydrogen (secondary N) is 2. The zero-order valence-corrected chi connectivity index (χ0v) is 10.6. The van der Waals surface area contributed by atoms with Crippen molar-refractivity contribution in [2.75, 3.05) is 17.8 Å². The Morgan fingerprint density at radius 2 is 1.95 bits per heavy atom. The van der Waals surface area contributed by atoms with E-state index in [4.69, 9.17) is 5.73 Å². The summed E-state index contributed by atoms with van der Waals surface area (Å²) in [5.74, 6) is -4.18. The number of sulfonamides is 1. The minimum absolute atomic E-state index is 0.0554. The Bertz CT molecular complexity index is 549. The number of halogens is 2. The summed E-state index contributed by atoms with van der Waals surface area (Å²) in [6.45, 7) is 0.394. The van der Waals surface area contributed by atoms with Crippen molar-refractivity contribution in [1.82, 2.24) is 5.32 Å². The molecule has 9 heteroatoms. The minimum Gasteiger partial charge on any atom is -0.351 e. The summed E-state index contributed by atoms with van der Waals surface area (Å²) in [6, 6.07) is 5.44. The van der Waals surface area contributed by atoms with Gasteiger partial charge in [0.05, 0.1) is 11.3 Å². The lowest BCUT2D eigenvalue weighted by atomic mass is 10.1. The van der Waals surface area contributed by atoms with Crippen LogP contribution in [0.5, 0.6) is 0 Å². The Labute approximate surface area is 109 Å². The van der Waals surface area contributed by atoms with Gasteiger partial charge in [-0.2, -0.15) is 8.78 Å². The lowest BCUT2D eigenvalue weighted by Crippen LogP contribution is -2.30. The Kier molecular flexibility index (Phi) is 5.19. The second kappa shape index (κ2) is 6.43. The van der Waals surface area contributed by atoms with E-state index < -0.39 is 21.7 Å². The number of carbonyl (C=O) groups is 1. The minimum atomic E-state index is -4.82. The SMILES string of the molecule is NCCNC(=O)c1ccccc1NS(=O)(=O)C(F)F. The van der Waals surface area contributed by atoms with Gasteiger partial charge in [-0.3, -0.25) is 9.52 Å². The van der Waals surface area contributed by atoms with Crippen molar-refractivity contribution in [2.45, 2.75) is 5.76 Å². The molecule has 1 amide bonds. The van der Waals surface area contributed by atoms with Gasteiger partial charge in [0.25, 0.3) is 15.9 Å². The molecule has 1 aromatic carbocycles. The highest BCUT2D eigenvalue weighted by Gasteiger charge is 2.25.